The van der Waals surface area contributed by atoms with E-state index in [4.69, 9.17) is 16.3 Å². The van der Waals surface area contributed by atoms with E-state index in [1.54, 1.807) is 60.7 Å². The molecular formula is C32H40ClN3O5S. The predicted molar refractivity (Wildman–Crippen MR) is 167 cm³/mol. The van der Waals surface area contributed by atoms with E-state index >= 15 is 0 Å². The maximum atomic E-state index is 14.1. The molecule has 0 aliphatic carbocycles. The number of nitrogens with one attached hydrogen (secondary N) is 1. The average Bonchev–Trinajstić information content (AvgIpc) is 2.98. The van der Waals surface area contributed by atoms with Gasteiger partial charge in [-0.1, -0.05) is 61.7 Å². The van der Waals surface area contributed by atoms with Crippen molar-refractivity contribution in [2.75, 3.05) is 24.0 Å². The molecular weight excluding hydrogens is 574 g/mol. The Hall–Kier alpha value is -3.56. The Morgan fingerprint density at radius 1 is 0.929 bits per heavy atom. The number of unbranched alkanes of at least 4 members (excludes halogenated alkanes) is 1. The number of ether oxygens (including phenoxy) is 1. The SMILES string of the molecule is CCCCNC(=O)[C@@H](CC)N(Cc1ccc(Cl)cc1)C(=O)CN(c1ccc(C)cc1)S(=O)(=O)c1ccc(OCC)cc1. The predicted octanol–water partition coefficient (Wildman–Crippen LogP) is 5.97. The molecule has 0 spiro atoms. The van der Waals surface area contributed by atoms with Crippen molar-refractivity contribution in [2.45, 2.75) is 64.4 Å². The lowest BCUT2D eigenvalue weighted by molar-refractivity contribution is -0.140. The number of hydrogen-bond donors (Lipinski definition) is 1. The van der Waals surface area contributed by atoms with E-state index in [-0.39, 0.29) is 17.3 Å². The summed E-state index contributed by atoms with van der Waals surface area (Å²) in [5.41, 5.74) is 2.06. The maximum absolute atomic E-state index is 14.1. The van der Waals surface area contributed by atoms with Crippen molar-refractivity contribution >= 4 is 39.1 Å². The van der Waals surface area contributed by atoms with E-state index < -0.39 is 28.5 Å². The van der Waals surface area contributed by atoms with Crippen LogP contribution >= 0.6 is 11.6 Å². The molecule has 0 radical (unpaired) electrons. The quantitative estimate of drug-likeness (QED) is 0.213. The highest BCUT2D eigenvalue weighted by Crippen LogP contribution is 2.27. The number of aryl methyl sites for hydroxylation is 1. The van der Waals surface area contributed by atoms with E-state index in [0.29, 0.717) is 36.0 Å². The molecule has 0 saturated heterocycles. The molecule has 0 unspecified atom stereocenters. The number of amides is 2. The molecule has 0 saturated carbocycles. The smallest absolute Gasteiger partial charge is 0.264 e. The van der Waals surface area contributed by atoms with Crippen LogP contribution in [-0.4, -0.2) is 50.9 Å². The molecule has 3 rings (SSSR count). The van der Waals surface area contributed by atoms with Crippen molar-refractivity contribution in [3.8, 4) is 5.75 Å². The Kier molecular flexibility index (Phi) is 12.2. The first-order valence-electron chi connectivity index (χ1n) is 14.2. The van der Waals surface area contributed by atoms with Gasteiger partial charge >= 0.3 is 0 Å². The minimum atomic E-state index is -4.16. The number of nitrogens with zero attached hydrogens (tertiary/aromatic N) is 2. The maximum Gasteiger partial charge on any atom is 0.264 e. The topological polar surface area (TPSA) is 96.0 Å². The van der Waals surface area contributed by atoms with Crippen LogP contribution in [-0.2, 0) is 26.2 Å². The van der Waals surface area contributed by atoms with E-state index in [1.807, 2.05) is 27.7 Å². The van der Waals surface area contributed by atoms with Gasteiger partial charge in [0.1, 0.15) is 18.3 Å². The molecule has 8 nitrogen and oxygen atoms in total. The monoisotopic (exact) mass is 613 g/mol. The number of anilines is 1. The zero-order valence-electron chi connectivity index (χ0n) is 24.7. The molecule has 0 aliphatic rings. The van der Waals surface area contributed by atoms with Gasteiger partial charge < -0.3 is 15.0 Å². The van der Waals surface area contributed by atoms with Gasteiger partial charge in [-0.05, 0) is 80.8 Å². The Morgan fingerprint density at radius 3 is 2.14 bits per heavy atom. The molecule has 0 fully saturated rings. The molecule has 0 aromatic heterocycles. The van der Waals surface area contributed by atoms with Gasteiger partial charge in [-0.3, -0.25) is 13.9 Å². The van der Waals surface area contributed by atoms with Crippen LogP contribution in [0.5, 0.6) is 5.75 Å². The van der Waals surface area contributed by atoms with Crippen molar-refractivity contribution in [2.24, 2.45) is 0 Å². The average molecular weight is 614 g/mol. The number of carbonyl (C=O) groups is 2. The lowest BCUT2D eigenvalue weighted by Crippen LogP contribution is -2.52. The van der Waals surface area contributed by atoms with Gasteiger partial charge in [0.05, 0.1) is 17.2 Å². The minimum absolute atomic E-state index is 0.0212. The van der Waals surface area contributed by atoms with Crippen molar-refractivity contribution in [3.63, 3.8) is 0 Å². The molecule has 42 heavy (non-hydrogen) atoms. The van der Waals surface area contributed by atoms with Crippen LogP contribution < -0.4 is 14.4 Å². The van der Waals surface area contributed by atoms with E-state index in [9.17, 15) is 18.0 Å². The molecule has 0 aliphatic heterocycles. The third-order valence-corrected chi connectivity index (χ3v) is 8.85. The van der Waals surface area contributed by atoms with Gasteiger partial charge in [0.2, 0.25) is 11.8 Å². The molecule has 0 bridgehead atoms. The number of rotatable bonds is 15. The molecule has 3 aromatic carbocycles. The van der Waals surface area contributed by atoms with E-state index in [2.05, 4.69) is 5.32 Å². The highest BCUT2D eigenvalue weighted by molar-refractivity contribution is 7.92. The number of hydrogen-bond acceptors (Lipinski definition) is 5. The highest BCUT2D eigenvalue weighted by Gasteiger charge is 2.33. The Labute approximate surface area is 254 Å². The molecule has 0 heterocycles. The summed E-state index contributed by atoms with van der Waals surface area (Å²) in [5, 5.41) is 3.48. The first kappa shape index (κ1) is 32.9. The number of sulfonamides is 1. The first-order valence-corrected chi connectivity index (χ1v) is 16.1. The summed E-state index contributed by atoms with van der Waals surface area (Å²) in [6, 6.07) is 19.3. The standard InChI is InChI=1S/C32H40ClN3O5S/c1-5-8-21-34-32(38)30(6-2)35(22-25-11-13-26(33)14-12-25)31(37)23-36(27-15-9-24(4)10-16-27)42(39,40)29-19-17-28(18-20-29)41-7-3/h9-20,30H,5-8,21-23H2,1-4H3,(H,34,38)/t30-/m1/s1. The van der Waals surface area contributed by atoms with Crippen LogP contribution in [0.25, 0.3) is 0 Å². The molecule has 226 valence electrons. The Balaban J connectivity index is 2.02. The normalized spacial score (nSPS) is 11.9. The van der Waals surface area contributed by atoms with Crippen LogP contribution in [0.2, 0.25) is 5.02 Å². The number of benzene rings is 3. The van der Waals surface area contributed by atoms with E-state index in [0.717, 1.165) is 28.3 Å². The minimum Gasteiger partial charge on any atom is -0.494 e. The summed E-state index contributed by atoms with van der Waals surface area (Å²) in [7, 11) is -4.16. The molecule has 1 N–H and O–H groups in total. The van der Waals surface area contributed by atoms with Gasteiger partial charge in [0.15, 0.2) is 0 Å². The fraction of sp³-hybridized carbons (Fsp3) is 0.375. The summed E-state index contributed by atoms with van der Waals surface area (Å²) in [4.78, 5) is 28.9. The van der Waals surface area contributed by atoms with Crippen LogP contribution in [0.3, 0.4) is 0 Å². The van der Waals surface area contributed by atoms with Gasteiger partial charge in [0, 0.05) is 18.1 Å². The molecule has 2 amide bonds. The van der Waals surface area contributed by atoms with Crippen LogP contribution in [0.15, 0.2) is 77.7 Å². The lowest BCUT2D eigenvalue weighted by atomic mass is 10.1. The third kappa shape index (κ3) is 8.72. The lowest BCUT2D eigenvalue weighted by Gasteiger charge is -2.33. The summed E-state index contributed by atoms with van der Waals surface area (Å²) in [6.45, 7) is 8.17. The summed E-state index contributed by atoms with van der Waals surface area (Å²) < 4.78 is 34.6. The van der Waals surface area contributed by atoms with Crippen molar-refractivity contribution in [3.05, 3.63) is 88.9 Å². The summed E-state index contributed by atoms with van der Waals surface area (Å²) in [5.74, 6) is -0.231. The molecule has 3 aromatic rings. The molecule has 1 atom stereocenters. The van der Waals surface area contributed by atoms with Gasteiger partial charge in [-0.15, -0.1) is 0 Å². The summed E-state index contributed by atoms with van der Waals surface area (Å²) in [6.07, 6.45) is 2.09. The number of halogens is 1. The highest BCUT2D eigenvalue weighted by atomic mass is 35.5. The second-order valence-electron chi connectivity index (χ2n) is 9.97. The van der Waals surface area contributed by atoms with Gasteiger partial charge in [-0.25, -0.2) is 8.42 Å². The second-order valence-corrected chi connectivity index (χ2v) is 12.3. The largest absolute Gasteiger partial charge is 0.494 e. The van der Waals surface area contributed by atoms with Crippen molar-refractivity contribution in [1.82, 2.24) is 10.2 Å². The summed E-state index contributed by atoms with van der Waals surface area (Å²) >= 11 is 6.08. The van der Waals surface area contributed by atoms with Crippen LogP contribution in [0.1, 0.15) is 51.2 Å². The first-order chi connectivity index (χ1) is 20.1. The van der Waals surface area contributed by atoms with Crippen LogP contribution in [0, 0.1) is 6.92 Å². The van der Waals surface area contributed by atoms with Crippen molar-refractivity contribution in [1.29, 1.82) is 0 Å². The Morgan fingerprint density at radius 2 is 1.57 bits per heavy atom. The Bertz CT molecular complexity index is 1410. The van der Waals surface area contributed by atoms with Crippen molar-refractivity contribution < 1.29 is 22.7 Å². The third-order valence-electron chi connectivity index (χ3n) is 6.81. The van der Waals surface area contributed by atoms with Crippen LogP contribution in [0.4, 0.5) is 5.69 Å². The molecule has 10 heteroatoms. The zero-order valence-corrected chi connectivity index (χ0v) is 26.2. The van der Waals surface area contributed by atoms with E-state index in [1.165, 1.54) is 17.0 Å². The fourth-order valence-electron chi connectivity index (χ4n) is 4.45. The van der Waals surface area contributed by atoms with Gasteiger partial charge in [0.25, 0.3) is 10.0 Å². The van der Waals surface area contributed by atoms with Gasteiger partial charge in [-0.2, -0.15) is 0 Å². The second kappa shape index (κ2) is 15.6. The number of carbonyl (C=O) groups excluding carboxylic acids is 2. The zero-order chi connectivity index (χ0) is 30.7. The fourth-order valence-corrected chi connectivity index (χ4v) is 5.99.